The third kappa shape index (κ3) is 3.30. The van der Waals surface area contributed by atoms with E-state index in [-0.39, 0.29) is 5.92 Å². The lowest BCUT2D eigenvalue weighted by Crippen LogP contribution is -2.31. The molecule has 0 aromatic carbocycles. The van der Waals surface area contributed by atoms with Gasteiger partial charge in [0.15, 0.2) is 0 Å². The van der Waals surface area contributed by atoms with Crippen molar-refractivity contribution < 1.29 is 4.79 Å². The van der Waals surface area contributed by atoms with Crippen molar-refractivity contribution in [3.63, 3.8) is 0 Å². The minimum absolute atomic E-state index is 0.119. The van der Waals surface area contributed by atoms with E-state index in [0.717, 1.165) is 25.2 Å². The van der Waals surface area contributed by atoms with Gasteiger partial charge in [-0.1, -0.05) is 20.3 Å². The van der Waals surface area contributed by atoms with Crippen LogP contribution in [0.15, 0.2) is 0 Å². The number of hydrogen-bond donors (Lipinski definition) is 1. The minimum Gasteiger partial charge on any atom is -0.330 e. The van der Waals surface area contributed by atoms with Gasteiger partial charge in [-0.05, 0) is 38.0 Å². The van der Waals surface area contributed by atoms with Crippen LogP contribution in [0.3, 0.4) is 0 Å². The Morgan fingerprint density at radius 2 is 1.87 bits per heavy atom. The van der Waals surface area contributed by atoms with Gasteiger partial charge in [-0.15, -0.1) is 0 Å². The summed E-state index contributed by atoms with van der Waals surface area (Å²) in [6.07, 6.45) is 6.88. The van der Waals surface area contributed by atoms with Crippen LogP contribution in [0.25, 0.3) is 0 Å². The molecule has 2 nitrogen and oxygen atoms in total. The van der Waals surface area contributed by atoms with E-state index in [1.54, 1.807) is 0 Å². The van der Waals surface area contributed by atoms with E-state index >= 15 is 0 Å². The Balaban J connectivity index is 2.42. The highest BCUT2D eigenvalue weighted by Crippen LogP contribution is 2.32. The van der Waals surface area contributed by atoms with Crippen LogP contribution in [0.1, 0.15) is 52.4 Å². The molecule has 0 aliphatic heterocycles. The van der Waals surface area contributed by atoms with Crippen LogP contribution in [0.5, 0.6) is 0 Å². The second kappa shape index (κ2) is 6.26. The first-order valence-corrected chi connectivity index (χ1v) is 6.46. The van der Waals surface area contributed by atoms with E-state index < -0.39 is 0 Å². The van der Waals surface area contributed by atoms with E-state index in [4.69, 9.17) is 5.73 Å². The lowest BCUT2D eigenvalue weighted by molar-refractivity contribution is -0.127. The van der Waals surface area contributed by atoms with Crippen LogP contribution >= 0.6 is 0 Å². The first kappa shape index (κ1) is 12.7. The maximum Gasteiger partial charge on any atom is 0.140 e. The minimum atomic E-state index is 0.119. The zero-order valence-corrected chi connectivity index (χ0v) is 10.2. The molecule has 15 heavy (non-hydrogen) atoms. The Kier molecular flexibility index (Phi) is 5.30. The topological polar surface area (TPSA) is 43.1 Å². The summed E-state index contributed by atoms with van der Waals surface area (Å²) in [4.78, 5) is 12.1. The summed E-state index contributed by atoms with van der Waals surface area (Å²) in [5, 5.41) is 0. The highest BCUT2D eigenvalue weighted by Gasteiger charge is 2.28. The van der Waals surface area contributed by atoms with Crippen LogP contribution in [0.4, 0.5) is 0 Å². The molecular formula is C13H25NO. The lowest BCUT2D eigenvalue weighted by Gasteiger charge is -2.28. The Hall–Kier alpha value is -0.370. The lowest BCUT2D eigenvalue weighted by atomic mass is 9.76. The fourth-order valence-corrected chi connectivity index (χ4v) is 2.67. The molecule has 0 aromatic rings. The average Bonchev–Trinajstić information content (AvgIpc) is 2.30. The second-order valence-electron chi connectivity index (χ2n) is 4.87. The summed E-state index contributed by atoms with van der Waals surface area (Å²) in [5.41, 5.74) is 5.62. The quantitative estimate of drug-likeness (QED) is 0.760. The summed E-state index contributed by atoms with van der Waals surface area (Å²) < 4.78 is 0. The molecule has 1 aliphatic rings. The van der Waals surface area contributed by atoms with Gasteiger partial charge in [-0.25, -0.2) is 0 Å². The number of ketones is 1. The van der Waals surface area contributed by atoms with Gasteiger partial charge in [0.25, 0.3) is 0 Å². The number of Topliss-reactive ketones (excluding diaryl/α,β-unsaturated/α-hetero) is 1. The van der Waals surface area contributed by atoms with Crippen molar-refractivity contribution in [2.45, 2.75) is 52.4 Å². The van der Waals surface area contributed by atoms with Crippen molar-refractivity contribution >= 4 is 5.78 Å². The van der Waals surface area contributed by atoms with E-state index in [2.05, 4.69) is 13.8 Å². The van der Waals surface area contributed by atoms with E-state index in [1.807, 2.05) is 0 Å². The van der Waals surface area contributed by atoms with Gasteiger partial charge in [-0.2, -0.15) is 0 Å². The van der Waals surface area contributed by atoms with Crippen molar-refractivity contribution in [1.29, 1.82) is 0 Å². The van der Waals surface area contributed by atoms with Crippen molar-refractivity contribution in [1.82, 2.24) is 0 Å². The summed E-state index contributed by atoms with van der Waals surface area (Å²) in [7, 11) is 0. The molecule has 1 fully saturated rings. The molecule has 0 heterocycles. The molecule has 0 spiro atoms. The largest absolute Gasteiger partial charge is 0.330 e. The van der Waals surface area contributed by atoms with Gasteiger partial charge in [0.1, 0.15) is 5.78 Å². The van der Waals surface area contributed by atoms with Gasteiger partial charge >= 0.3 is 0 Å². The van der Waals surface area contributed by atoms with E-state index in [0.29, 0.717) is 18.2 Å². The van der Waals surface area contributed by atoms with Crippen molar-refractivity contribution in [2.24, 2.45) is 23.5 Å². The highest BCUT2D eigenvalue weighted by atomic mass is 16.1. The fraction of sp³-hybridized carbons (Fsp3) is 0.923. The first-order valence-electron chi connectivity index (χ1n) is 6.46. The molecule has 2 heteroatoms. The predicted molar refractivity (Wildman–Crippen MR) is 63.6 cm³/mol. The smallest absolute Gasteiger partial charge is 0.140 e. The fourth-order valence-electron chi connectivity index (χ4n) is 2.67. The molecule has 1 unspecified atom stereocenters. The highest BCUT2D eigenvalue weighted by molar-refractivity contribution is 5.83. The summed E-state index contributed by atoms with van der Waals surface area (Å²) in [5.74, 6) is 1.75. The molecule has 0 radical (unpaired) electrons. The molecule has 1 saturated carbocycles. The van der Waals surface area contributed by atoms with E-state index in [1.165, 1.54) is 19.3 Å². The molecule has 2 N–H and O–H groups in total. The Morgan fingerprint density at radius 1 is 1.27 bits per heavy atom. The van der Waals surface area contributed by atoms with Gasteiger partial charge in [0.05, 0.1) is 0 Å². The standard InChI is InChI=1S/C13H25NO/c1-3-10-5-7-12(8-6-10)13(15)11(4-2)9-14/h10-12H,3-9,14H2,1-2H3. The van der Waals surface area contributed by atoms with Gasteiger partial charge in [0, 0.05) is 18.4 Å². The van der Waals surface area contributed by atoms with Gasteiger partial charge in [0.2, 0.25) is 0 Å². The Bertz CT molecular complexity index is 191. The summed E-state index contributed by atoms with van der Waals surface area (Å²) in [6.45, 7) is 4.84. The zero-order chi connectivity index (χ0) is 11.3. The van der Waals surface area contributed by atoms with Crippen LogP contribution < -0.4 is 5.73 Å². The van der Waals surface area contributed by atoms with Crippen LogP contribution in [0, 0.1) is 17.8 Å². The van der Waals surface area contributed by atoms with Gasteiger partial charge in [-0.3, -0.25) is 4.79 Å². The molecule has 0 amide bonds. The Morgan fingerprint density at radius 3 is 2.27 bits per heavy atom. The third-order valence-electron chi connectivity index (χ3n) is 4.01. The van der Waals surface area contributed by atoms with Crippen LogP contribution in [0.2, 0.25) is 0 Å². The second-order valence-corrected chi connectivity index (χ2v) is 4.87. The molecule has 88 valence electrons. The van der Waals surface area contributed by atoms with Crippen LogP contribution in [-0.2, 0) is 4.79 Å². The van der Waals surface area contributed by atoms with Crippen LogP contribution in [-0.4, -0.2) is 12.3 Å². The molecule has 1 rings (SSSR count). The normalized spacial score (nSPS) is 28.7. The molecule has 1 aliphatic carbocycles. The molecule has 0 aromatic heterocycles. The average molecular weight is 211 g/mol. The predicted octanol–water partition coefficient (Wildman–Crippen LogP) is 2.76. The number of nitrogens with two attached hydrogens (primary N) is 1. The third-order valence-corrected chi connectivity index (χ3v) is 4.01. The monoisotopic (exact) mass is 211 g/mol. The number of rotatable bonds is 5. The molecule has 1 atom stereocenters. The van der Waals surface area contributed by atoms with E-state index in [9.17, 15) is 4.79 Å². The van der Waals surface area contributed by atoms with Gasteiger partial charge < -0.3 is 5.73 Å². The number of hydrogen-bond acceptors (Lipinski definition) is 2. The zero-order valence-electron chi connectivity index (χ0n) is 10.2. The number of carbonyl (C=O) groups excluding carboxylic acids is 1. The van der Waals surface area contributed by atoms with Crippen molar-refractivity contribution in [2.75, 3.05) is 6.54 Å². The summed E-state index contributed by atoms with van der Waals surface area (Å²) in [6, 6.07) is 0. The maximum absolute atomic E-state index is 12.1. The molecule has 0 saturated heterocycles. The molecular weight excluding hydrogens is 186 g/mol. The first-order chi connectivity index (χ1) is 7.22. The maximum atomic E-state index is 12.1. The molecule has 0 bridgehead atoms. The summed E-state index contributed by atoms with van der Waals surface area (Å²) >= 11 is 0. The number of carbonyl (C=O) groups is 1. The SMILES string of the molecule is CCC1CCC(C(=O)C(CC)CN)CC1. The van der Waals surface area contributed by atoms with Crippen molar-refractivity contribution in [3.05, 3.63) is 0 Å². The Labute approximate surface area is 93.6 Å². The van der Waals surface area contributed by atoms with Crippen molar-refractivity contribution in [3.8, 4) is 0 Å².